The molecule has 0 aliphatic carbocycles. The summed E-state index contributed by atoms with van der Waals surface area (Å²) in [6.07, 6.45) is 2.75. The topological polar surface area (TPSA) is 84.2 Å². The van der Waals surface area contributed by atoms with E-state index in [-0.39, 0.29) is 11.8 Å². The molecular weight excluding hydrogens is 254 g/mol. The summed E-state index contributed by atoms with van der Waals surface area (Å²) in [5.41, 5.74) is 8.21. The molecule has 0 radical (unpaired) electrons. The number of hydrogen-bond donors (Lipinski definition) is 3. The van der Waals surface area contributed by atoms with Gasteiger partial charge in [0.05, 0.1) is 0 Å². The molecule has 20 heavy (non-hydrogen) atoms. The van der Waals surface area contributed by atoms with E-state index in [0.717, 1.165) is 37.1 Å². The molecule has 0 unspecified atom stereocenters. The highest BCUT2D eigenvalue weighted by atomic mass is 16.2. The van der Waals surface area contributed by atoms with E-state index in [2.05, 4.69) is 16.7 Å². The first kappa shape index (κ1) is 14.5. The first-order valence-electron chi connectivity index (χ1n) is 7.06. The van der Waals surface area contributed by atoms with Crippen molar-refractivity contribution in [1.82, 2.24) is 10.6 Å². The number of carbonyl (C=O) groups excluding carboxylic acids is 2. The molecule has 2 amide bonds. The molecule has 0 bridgehead atoms. The number of nitrogens with two attached hydrogens (primary N) is 1. The highest BCUT2D eigenvalue weighted by molar-refractivity contribution is 5.96. The van der Waals surface area contributed by atoms with E-state index in [1.54, 1.807) is 0 Å². The lowest BCUT2D eigenvalue weighted by Crippen LogP contribution is -2.30. The third-order valence-electron chi connectivity index (χ3n) is 3.52. The van der Waals surface area contributed by atoms with Gasteiger partial charge in [-0.15, -0.1) is 0 Å². The second-order valence-electron chi connectivity index (χ2n) is 5.05. The molecule has 0 saturated carbocycles. The van der Waals surface area contributed by atoms with Gasteiger partial charge in [-0.2, -0.15) is 0 Å². The first-order chi connectivity index (χ1) is 9.68. The van der Waals surface area contributed by atoms with Crippen molar-refractivity contribution in [2.75, 3.05) is 13.1 Å². The SMILES string of the molecule is NC(=O)CCCCNC(=O)c1cccc2c1CCNC2. The smallest absolute Gasteiger partial charge is 0.251 e. The van der Waals surface area contributed by atoms with E-state index in [9.17, 15) is 9.59 Å². The second-order valence-corrected chi connectivity index (χ2v) is 5.05. The summed E-state index contributed by atoms with van der Waals surface area (Å²) in [6, 6.07) is 5.86. The van der Waals surface area contributed by atoms with Crippen LogP contribution in [-0.4, -0.2) is 24.9 Å². The van der Waals surface area contributed by atoms with Crippen molar-refractivity contribution in [2.45, 2.75) is 32.2 Å². The lowest BCUT2D eigenvalue weighted by atomic mass is 9.95. The fourth-order valence-electron chi connectivity index (χ4n) is 2.47. The lowest BCUT2D eigenvalue weighted by Gasteiger charge is -2.19. The average Bonchev–Trinajstić information content (AvgIpc) is 2.45. The van der Waals surface area contributed by atoms with Gasteiger partial charge in [0.1, 0.15) is 0 Å². The van der Waals surface area contributed by atoms with Gasteiger partial charge in [-0.1, -0.05) is 12.1 Å². The van der Waals surface area contributed by atoms with Crippen LogP contribution in [0.4, 0.5) is 0 Å². The van der Waals surface area contributed by atoms with Crippen molar-refractivity contribution in [2.24, 2.45) is 5.73 Å². The van der Waals surface area contributed by atoms with Crippen LogP contribution in [0.5, 0.6) is 0 Å². The van der Waals surface area contributed by atoms with Crippen molar-refractivity contribution in [3.8, 4) is 0 Å². The number of unbranched alkanes of at least 4 members (excludes halogenated alkanes) is 1. The number of amides is 2. The molecule has 5 nitrogen and oxygen atoms in total. The molecule has 4 N–H and O–H groups in total. The normalized spacial score (nSPS) is 13.6. The van der Waals surface area contributed by atoms with Crippen LogP contribution < -0.4 is 16.4 Å². The largest absolute Gasteiger partial charge is 0.370 e. The van der Waals surface area contributed by atoms with Crippen LogP contribution in [0.3, 0.4) is 0 Å². The zero-order valence-corrected chi connectivity index (χ0v) is 11.6. The van der Waals surface area contributed by atoms with Crippen LogP contribution in [0.25, 0.3) is 0 Å². The molecule has 0 atom stereocenters. The first-order valence-corrected chi connectivity index (χ1v) is 7.06. The van der Waals surface area contributed by atoms with Gasteiger partial charge in [0.15, 0.2) is 0 Å². The summed E-state index contributed by atoms with van der Waals surface area (Å²) in [5.74, 6) is -0.316. The predicted octanol–water partition coefficient (Wildman–Crippen LogP) is 0.718. The van der Waals surface area contributed by atoms with E-state index >= 15 is 0 Å². The van der Waals surface area contributed by atoms with Crippen molar-refractivity contribution >= 4 is 11.8 Å². The fraction of sp³-hybridized carbons (Fsp3) is 0.467. The second kappa shape index (κ2) is 7.05. The van der Waals surface area contributed by atoms with Crippen molar-refractivity contribution in [1.29, 1.82) is 0 Å². The summed E-state index contributed by atoms with van der Waals surface area (Å²) in [6.45, 7) is 2.32. The fourth-order valence-corrected chi connectivity index (χ4v) is 2.47. The Hall–Kier alpha value is -1.88. The maximum atomic E-state index is 12.2. The summed E-state index contributed by atoms with van der Waals surface area (Å²) >= 11 is 0. The Bertz CT molecular complexity index is 500. The third kappa shape index (κ3) is 3.81. The van der Waals surface area contributed by atoms with Gasteiger partial charge in [0.25, 0.3) is 5.91 Å². The van der Waals surface area contributed by atoms with Crippen LogP contribution in [0.2, 0.25) is 0 Å². The Morgan fingerprint density at radius 3 is 2.95 bits per heavy atom. The zero-order chi connectivity index (χ0) is 14.4. The molecule has 1 aliphatic rings. The van der Waals surface area contributed by atoms with Gasteiger partial charge in [0, 0.05) is 25.1 Å². The Kier molecular flexibility index (Phi) is 5.12. The highest BCUT2D eigenvalue weighted by Crippen LogP contribution is 2.18. The molecule has 0 spiro atoms. The number of carbonyl (C=O) groups is 2. The average molecular weight is 275 g/mol. The minimum atomic E-state index is -0.291. The molecule has 108 valence electrons. The van der Waals surface area contributed by atoms with E-state index < -0.39 is 0 Å². The van der Waals surface area contributed by atoms with Crippen molar-refractivity contribution in [3.63, 3.8) is 0 Å². The van der Waals surface area contributed by atoms with Crippen LogP contribution in [0.1, 0.15) is 40.7 Å². The minimum Gasteiger partial charge on any atom is -0.370 e. The Labute approximate surface area is 118 Å². The molecule has 2 rings (SSSR count). The molecule has 0 fully saturated rings. The van der Waals surface area contributed by atoms with E-state index in [4.69, 9.17) is 5.73 Å². The zero-order valence-electron chi connectivity index (χ0n) is 11.6. The number of hydrogen-bond acceptors (Lipinski definition) is 3. The summed E-state index contributed by atoms with van der Waals surface area (Å²) in [4.78, 5) is 22.8. The number of benzene rings is 1. The number of nitrogens with one attached hydrogen (secondary N) is 2. The van der Waals surface area contributed by atoms with Gasteiger partial charge >= 0.3 is 0 Å². The monoisotopic (exact) mass is 275 g/mol. The standard InChI is InChI=1S/C15H21N3O2/c16-14(19)6-1-2-8-18-15(20)13-5-3-4-11-10-17-9-7-12(11)13/h3-5,17H,1-2,6-10H2,(H2,16,19)(H,18,20). The van der Waals surface area contributed by atoms with Crippen molar-refractivity contribution < 1.29 is 9.59 Å². The van der Waals surface area contributed by atoms with E-state index in [1.807, 2.05) is 12.1 Å². The molecule has 5 heteroatoms. The molecule has 1 heterocycles. The molecule has 1 aromatic carbocycles. The van der Waals surface area contributed by atoms with Crippen LogP contribution >= 0.6 is 0 Å². The van der Waals surface area contributed by atoms with Gasteiger partial charge < -0.3 is 16.4 Å². The van der Waals surface area contributed by atoms with Gasteiger partial charge in [-0.05, 0) is 43.0 Å². The number of rotatable bonds is 6. The Morgan fingerprint density at radius 2 is 2.15 bits per heavy atom. The lowest BCUT2D eigenvalue weighted by molar-refractivity contribution is -0.118. The maximum absolute atomic E-state index is 12.2. The van der Waals surface area contributed by atoms with E-state index in [0.29, 0.717) is 19.4 Å². The number of primary amides is 1. The quantitative estimate of drug-likeness (QED) is 0.669. The van der Waals surface area contributed by atoms with Gasteiger partial charge in [-0.25, -0.2) is 0 Å². The third-order valence-corrected chi connectivity index (χ3v) is 3.52. The summed E-state index contributed by atoms with van der Waals surface area (Å²) < 4.78 is 0. The molecule has 1 aliphatic heterocycles. The highest BCUT2D eigenvalue weighted by Gasteiger charge is 2.16. The summed E-state index contributed by atoms with van der Waals surface area (Å²) in [7, 11) is 0. The molecule has 1 aromatic rings. The maximum Gasteiger partial charge on any atom is 0.251 e. The molecule has 0 saturated heterocycles. The Balaban J connectivity index is 1.88. The van der Waals surface area contributed by atoms with Gasteiger partial charge in [0.2, 0.25) is 5.91 Å². The minimum absolute atomic E-state index is 0.0252. The van der Waals surface area contributed by atoms with Crippen LogP contribution in [-0.2, 0) is 17.8 Å². The van der Waals surface area contributed by atoms with Gasteiger partial charge in [-0.3, -0.25) is 9.59 Å². The van der Waals surface area contributed by atoms with Crippen LogP contribution in [0.15, 0.2) is 18.2 Å². The molecular formula is C15H21N3O2. The predicted molar refractivity (Wildman–Crippen MR) is 77.2 cm³/mol. The molecule has 0 aromatic heterocycles. The summed E-state index contributed by atoms with van der Waals surface area (Å²) in [5, 5.41) is 6.21. The number of fused-ring (bicyclic) bond motifs is 1. The Morgan fingerprint density at radius 1 is 1.30 bits per heavy atom. The van der Waals surface area contributed by atoms with E-state index in [1.165, 1.54) is 5.56 Å². The van der Waals surface area contributed by atoms with Crippen molar-refractivity contribution in [3.05, 3.63) is 34.9 Å². The van der Waals surface area contributed by atoms with Crippen LogP contribution in [0, 0.1) is 0 Å².